The molecule has 2 heterocycles. The Morgan fingerprint density at radius 1 is 1.10 bits per heavy atom. The highest BCUT2D eigenvalue weighted by Crippen LogP contribution is 2.26. The minimum absolute atomic E-state index is 0.0398. The summed E-state index contributed by atoms with van der Waals surface area (Å²) in [6, 6.07) is 18.1. The number of rotatable bonds is 3. The van der Waals surface area contributed by atoms with E-state index in [1.54, 1.807) is 0 Å². The summed E-state index contributed by atoms with van der Waals surface area (Å²) >= 11 is 0. The first kappa shape index (κ1) is 12.0. The van der Waals surface area contributed by atoms with Crippen LogP contribution in [0.4, 0.5) is 5.95 Å². The molecule has 0 amide bonds. The summed E-state index contributed by atoms with van der Waals surface area (Å²) in [5.74, 6) is 1.65. The summed E-state index contributed by atoms with van der Waals surface area (Å²) in [5, 5.41) is 4.46. The van der Waals surface area contributed by atoms with E-state index in [1.807, 2.05) is 42.5 Å². The van der Waals surface area contributed by atoms with Gasteiger partial charge in [0.1, 0.15) is 11.3 Å². The van der Waals surface area contributed by atoms with Crippen LogP contribution in [0.3, 0.4) is 0 Å². The Bertz CT molecular complexity index is 840. The lowest BCUT2D eigenvalue weighted by Gasteiger charge is -2.09. The van der Waals surface area contributed by atoms with E-state index >= 15 is 0 Å². The summed E-state index contributed by atoms with van der Waals surface area (Å²) in [5.41, 5.74) is 2.89. The van der Waals surface area contributed by atoms with E-state index in [4.69, 9.17) is 4.42 Å². The number of imidazole rings is 1. The zero-order valence-corrected chi connectivity index (χ0v) is 11.6. The Morgan fingerprint density at radius 2 is 1.90 bits per heavy atom. The molecule has 4 heteroatoms. The van der Waals surface area contributed by atoms with Gasteiger partial charge in [-0.1, -0.05) is 30.3 Å². The van der Waals surface area contributed by atoms with Gasteiger partial charge in [-0.15, -0.1) is 0 Å². The third-order valence-electron chi connectivity index (χ3n) is 3.61. The number of benzene rings is 2. The molecule has 4 nitrogen and oxygen atoms in total. The van der Waals surface area contributed by atoms with Gasteiger partial charge in [-0.2, -0.15) is 0 Å². The molecule has 21 heavy (non-hydrogen) atoms. The van der Waals surface area contributed by atoms with Crippen LogP contribution in [-0.2, 0) is 0 Å². The van der Waals surface area contributed by atoms with Crippen LogP contribution < -0.4 is 5.32 Å². The van der Waals surface area contributed by atoms with Crippen molar-refractivity contribution in [1.82, 2.24) is 9.97 Å². The third-order valence-corrected chi connectivity index (χ3v) is 3.61. The van der Waals surface area contributed by atoms with Gasteiger partial charge in [-0.25, -0.2) is 4.98 Å². The maximum Gasteiger partial charge on any atom is 0.201 e. The number of anilines is 1. The lowest BCUT2D eigenvalue weighted by atomic mass is 10.2. The van der Waals surface area contributed by atoms with Crippen LogP contribution in [0.1, 0.15) is 18.7 Å². The molecule has 104 valence electrons. The predicted octanol–water partition coefficient (Wildman–Crippen LogP) is 4.48. The SMILES string of the molecule is C[C@@H](Nc1nc2ccccc2[nH]1)c1cc2ccccc2o1. The minimum atomic E-state index is 0.0398. The molecule has 0 spiro atoms. The molecule has 2 aromatic heterocycles. The maximum atomic E-state index is 5.87. The first-order valence-electron chi connectivity index (χ1n) is 6.99. The molecule has 1 atom stereocenters. The zero-order chi connectivity index (χ0) is 14.2. The summed E-state index contributed by atoms with van der Waals surface area (Å²) in [4.78, 5) is 7.79. The fourth-order valence-electron chi connectivity index (χ4n) is 2.51. The van der Waals surface area contributed by atoms with E-state index in [-0.39, 0.29) is 6.04 Å². The second kappa shape index (κ2) is 4.66. The van der Waals surface area contributed by atoms with E-state index < -0.39 is 0 Å². The monoisotopic (exact) mass is 277 g/mol. The average Bonchev–Trinajstić information content (AvgIpc) is 3.10. The Labute approximate surface area is 121 Å². The molecule has 0 unspecified atom stereocenters. The molecule has 0 saturated carbocycles. The van der Waals surface area contributed by atoms with E-state index in [9.17, 15) is 0 Å². The lowest BCUT2D eigenvalue weighted by molar-refractivity contribution is 0.525. The molecule has 0 aliphatic carbocycles. The van der Waals surface area contributed by atoms with Crippen molar-refractivity contribution in [3.8, 4) is 0 Å². The largest absolute Gasteiger partial charge is 0.459 e. The van der Waals surface area contributed by atoms with Crippen molar-refractivity contribution in [3.05, 3.63) is 60.4 Å². The Hall–Kier alpha value is -2.75. The molecule has 0 bridgehead atoms. The quantitative estimate of drug-likeness (QED) is 0.580. The molecule has 0 fully saturated rings. The van der Waals surface area contributed by atoms with Gasteiger partial charge in [0.05, 0.1) is 17.1 Å². The Morgan fingerprint density at radius 3 is 2.76 bits per heavy atom. The smallest absolute Gasteiger partial charge is 0.201 e. The van der Waals surface area contributed by atoms with E-state index in [1.165, 1.54) is 0 Å². The second-order valence-electron chi connectivity index (χ2n) is 5.16. The highest BCUT2D eigenvalue weighted by atomic mass is 16.3. The van der Waals surface area contributed by atoms with Gasteiger partial charge in [-0.05, 0) is 31.2 Å². The minimum Gasteiger partial charge on any atom is -0.459 e. The fraction of sp³-hybridized carbons (Fsp3) is 0.118. The van der Waals surface area contributed by atoms with Crippen LogP contribution in [0.5, 0.6) is 0 Å². The molecule has 0 aliphatic rings. The molecule has 2 N–H and O–H groups in total. The topological polar surface area (TPSA) is 53.9 Å². The van der Waals surface area contributed by atoms with E-state index in [0.29, 0.717) is 0 Å². The van der Waals surface area contributed by atoms with Gasteiger partial charge in [0, 0.05) is 5.39 Å². The summed E-state index contributed by atoms with van der Waals surface area (Å²) in [7, 11) is 0. The van der Waals surface area contributed by atoms with Crippen LogP contribution in [0.25, 0.3) is 22.0 Å². The number of nitrogens with one attached hydrogen (secondary N) is 2. The van der Waals surface area contributed by atoms with Crippen LogP contribution in [0.2, 0.25) is 0 Å². The van der Waals surface area contributed by atoms with Gasteiger partial charge in [0.25, 0.3) is 0 Å². The molecular weight excluding hydrogens is 262 g/mol. The van der Waals surface area contributed by atoms with E-state index in [2.05, 4.69) is 34.3 Å². The molecular formula is C17H15N3O. The summed E-state index contributed by atoms with van der Waals surface area (Å²) in [6.45, 7) is 2.06. The number of fused-ring (bicyclic) bond motifs is 2. The summed E-state index contributed by atoms with van der Waals surface area (Å²) in [6.07, 6.45) is 0. The van der Waals surface area contributed by atoms with Crippen molar-refractivity contribution in [2.24, 2.45) is 0 Å². The van der Waals surface area contributed by atoms with Crippen LogP contribution in [0.15, 0.2) is 59.0 Å². The van der Waals surface area contributed by atoms with Gasteiger partial charge in [-0.3, -0.25) is 0 Å². The maximum absolute atomic E-state index is 5.87. The normalized spacial score (nSPS) is 12.8. The molecule has 0 radical (unpaired) electrons. The van der Waals surface area contributed by atoms with Gasteiger partial charge >= 0.3 is 0 Å². The van der Waals surface area contributed by atoms with Crippen LogP contribution in [0, 0.1) is 0 Å². The van der Waals surface area contributed by atoms with Crippen molar-refractivity contribution >= 4 is 28.0 Å². The number of H-pyrrole nitrogens is 1. The molecule has 4 aromatic rings. The van der Waals surface area contributed by atoms with Crippen LogP contribution in [-0.4, -0.2) is 9.97 Å². The highest BCUT2D eigenvalue weighted by molar-refractivity contribution is 5.78. The fourth-order valence-corrected chi connectivity index (χ4v) is 2.51. The van der Waals surface area contributed by atoms with Crippen molar-refractivity contribution in [3.63, 3.8) is 0 Å². The Kier molecular flexibility index (Phi) is 2.67. The lowest BCUT2D eigenvalue weighted by Crippen LogP contribution is -2.06. The van der Waals surface area contributed by atoms with Crippen molar-refractivity contribution in [1.29, 1.82) is 0 Å². The second-order valence-corrected chi connectivity index (χ2v) is 5.16. The number of aromatic nitrogens is 2. The summed E-state index contributed by atoms with van der Waals surface area (Å²) < 4.78 is 5.87. The van der Waals surface area contributed by atoms with Gasteiger partial charge in [0.15, 0.2) is 0 Å². The zero-order valence-electron chi connectivity index (χ0n) is 11.6. The van der Waals surface area contributed by atoms with Crippen molar-refractivity contribution < 1.29 is 4.42 Å². The van der Waals surface area contributed by atoms with Crippen LogP contribution >= 0.6 is 0 Å². The molecule has 4 rings (SSSR count). The average molecular weight is 277 g/mol. The van der Waals surface area contributed by atoms with Crippen molar-refractivity contribution in [2.45, 2.75) is 13.0 Å². The number of para-hydroxylation sites is 3. The number of hydrogen-bond acceptors (Lipinski definition) is 3. The standard InChI is InChI=1S/C17H15N3O/c1-11(16-10-12-6-2-5-9-15(12)21-16)18-17-19-13-7-3-4-8-14(13)20-17/h2-11H,1H3,(H2,18,19,20)/t11-/m1/s1. The Balaban J connectivity index is 1.63. The molecule has 0 aliphatic heterocycles. The van der Waals surface area contributed by atoms with Crippen molar-refractivity contribution in [2.75, 3.05) is 5.32 Å². The first-order valence-corrected chi connectivity index (χ1v) is 6.99. The van der Waals surface area contributed by atoms with Gasteiger partial charge < -0.3 is 14.7 Å². The van der Waals surface area contributed by atoms with Gasteiger partial charge in [0.2, 0.25) is 5.95 Å². The first-order chi connectivity index (χ1) is 10.3. The number of nitrogens with zero attached hydrogens (tertiary/aromatic N) is 1. The predicted molar refractivity (Wildman–Crippen MR) is 84.3 cm³/mol. The third kappa shape index (κ3) is 2.14. The molecule has 2 aromatic carbocycles. The number of hydrogen-bond donors (Lipinski definition) is 2. The molecule has 0 saturated heterocycles. The van der Waals surface area contributed by atoms with E-state index in [0.717, 1.165) is 33.7 Å². The number of furan rings is 1. The highest BCUT2D eigenvalue weighted by Gasteiger charge is 2.13. The number of aromatic amines is 1.